The van der Waals surface area contributed by atoms with Crippen molar-refractivity contribution in [1.29, 1.82) is 0 Å². The van der Waals surface area contributed by atoms with Crippen LogP contribution in [0.4, 0.5) is 5.69 Å². The highest BCUT2D eigenvalue weighted by atomic mass is 35.5. The minimum atomic E-state index is -0.953. The van der Waals surface area contributed by atoms with Crippen LogP contribution in [-0.2, 0) is 9.59 Å². The van der Waals surface area contributed by atoms with Gasteiger partial charge < -0.3 is 19.3 Å². The number of aliphatic hydroxyl groups excluding tert-OH is 1. The number of carbonyl (C=O) groups is 2. The van der Waals surface area contributed by atoms with Gasteiger partial charge in [0, 0.05) is 10.7 Å². The molecule has 1 unspecified atom stereocenters. The number of hydrogen-bond acceptors (Lipinski definition) is 6. The van der Waals surface area contributed by atoms with Crippen LogP contribution in [0.15, 0.2) is 66.2 Å². The first-order valence-electron chi connectivity index (χ1n) is 11.9. The van der Waals surface area contributed by atoms with Crippen LogP contribution in [-0.4, -0.2) is 37.6 Å². The summed E-state index contributed by atoms with van der Waals surface area (Å²) in [5.74, 6) is -0.403. The highest BCUT2D eigenvalue weighted by Crippen LogP contribution is 2.45. The summed E-state index contributed by atoms with van der Waals surface area (Å²) >= 11 is 12.5. The van der Waals surface area contributed by atoms with Crippen molar-refractivity contribution in [3.8, 4) is 17.2 Å². The topological polar surface area (TPSA) is 85.3 Å². The number of rotatable bonds is 8. The number of nitrogens with zero attached hydrogens (tertiary/aromatic N) is 1. The first kappa shape index (κ1) is 27.4. The number of ketones is 1. The number of aliphatic hydroxyl groups is 1. The Bertz CT molecular complexity index is 1380. The van der Waals surface area contributed by atoms with E-state index in [1.807, 2.05) is 13.8 Å². The van der Waals surface area contributed by atoms with E-state index in [1.54, 1.807) is 55.6 Å². The molecule has 0 saturated carbocycles. The van der Waals surface area contributed by atoms with Gasteiger partial charge in [0.2, 0.25) is 0 Å². The van der Waals surface area contributed by atoms with Crippen LogP contribution in [0.1, 0.15) is 31.0 Å². The monoisotopic (exact) mass is 555 g/mol. The maximum atomic E-state index is 13.5. The molecule has 1 N–H and O–H groups in total. The minimum Gasteiger partial charge on any atom is -0.507 e. The molecule has 0 bridgehead atoms. The number of halogens is 2. The molecular formula is C29H27Cl2NO6. The third-order valence-electron chi connectivity index (χ3n) is 6.04. The number of hydrogen-bond donors (Lipinski definition) is 1. The highest BCUT2D eigenvalue weighted by Gasteiger charge is 2.47. The molecule has 0 aliphatic carbocycles. The molecule has 198 valence electrons. The molecule has 9 heteroatoms. The number of amides is 1. The van der Waals surface area contributed by atoms with Crippen LogP contribution in [0, 0.1) is 5.92 Å². The molecule has 1 aliphatic rings. The van der Waals surface area contributed by atoms with E-state index in [0.29, 0.717) is 35.3 Å². The lowest BCUT2D eigenvalue weighted by molar-refractivity contribution is -0.132. The van der Waals surface area contributed by atoms with Crippen LogP contribution >= 0.6 is 23.2 Å². The summed E-state index contributed by atoms with van der Waals surface area (Å²) in [4.78, 5) is 28.2. The van der Waals surface area contributed by atoms with Crippen LogP contribution in [0.2, 0.25) is 10.0 Å². The van der Waals surface area contributed by atoms with Gasteiger partial charge in [-0.3, -0.25) is 14.5 Å². The zero-order chi connectivity index (χ0) is 27.6. The predicted molar refractivity (Wildman–Crippen MR) is 148 cm³/mol. The van der Waals surface area contributed by atoms with E-state index in [2.05, 4.69) is 0 Å². The Hall–Kier alpha value is -3.68. The summed E-state index contributed by atoms with van der Waals surface area (Å²) < 4.78 is 16.4. The number of carbonyl (C=O) groups excluding carboxylic acids is 2. The van der Waals surface area contributed by atoms with Crippen LogP contribution in [0.3, 0.4) is 0 Å². The number of benzene rings is 3. The molecule has 1 saturated heterocycles. The van der Waals surface area contributed by atoms with Crippen molar-refractivity contribution in [2.75, 3.05) is 25.7 Å². The highest BCUT2D eigenvalue weighted by molar-refractivity contribution is 6.52. The van der Waals surface area contributed by atoms with E-state index in [0.717, 1.165) is 0 Å². The largest absolute Gasteiger partial charge is 0.507 e. The molecule has 1 atom stereocenters. The maximum absolute atomic E-state index is 13.5. The van der Waals surface area contributed by atoms with E-state index in [-0.39, 0.29) is 26.9 Å². The third-order valence-corrected chi connectivity index (χ3v) is 6.54. The lowest BCUT2D eigenvalue weighted by Crippen LogP contribution is -2.29. The second-order valence-electron chi connectivity index (χ2n) is 9.11. The summed E-state index contributed by atoms with van der Waals surface area (Å²) in [5, 5.41) is 11.8. The van der Waals surface area contributed by atoms with Gasteiger partial charge in [0.15, 0.2) is 0 Å². The Morgan fingerprint density at radius 2 is 1.58 bits per heavy atom. The lowest BCUT2D eigenvalue weighted by atomic mass is 9.94. The Balaban J connectivity index is 1.89. The zero-order valence-corrected chi connectivity index (χ0v) is 22.8. The fourth-order valence-electron chi connectivity index (χ4n) is 4.26. The molecule has 1 aliphatic heterocycles. The van der Waals surface area contributed by atoms with E-state index in [9.17, 15) is 14.7 Å². The molecule has 1 amide bonds. The van der Waals surface area contributed by atoms with Crippen molar-refractivity contribution in [3.63, 3.8) is 0 Å². The number of Topliss-reactive ketones (excluding diaryl/α,β-unsaturated/α-hetero) is 1. The molecule has 38 heavy (non-hydrogen) atoms. The van der Waals surface area contributed by atoms with Gasteiger partial charge in [-0.2, -0.15) is 0 Å². The molecule has 0 spiro atoms. The van der Waals surface area contributed by atoms with Gasteiger partial charge in [-0.15, -0.1) is 0 Å². The quantitative estimate of drug-likeness (QED) is 0.190. The summed E-state index contributed by atoms with van der Waals surface area (Å²) in [7, 11) is 2.92. The van der Waals surface area contributed by atoms with Crippen molar-refractivity contribution in [2.45, 2.75) is 19.9 Å². The van der Waals surface area contributed by atoms with Gasteiger partial charge in [0.1, 0.15) is 23.0 Å². The fraction of sp³-hybridized carbons (Fsp3) is 0.241. The first-order chi connectivity index (χ1) is 18.2. The fourth-order valence-corrected chi connectivity index (χ4v) is 4.83. The average Bonchev–Trinajstić information content (AvgIpc) is 3.17. The van der Waals surface area contributed by atoms with Gasteiger partial charge in [-0.05, 0) is 60.0 Å². The molecular weight excluding hydrogens is 529 g/mol. The summed E-state index contributed by atoms with van der Waals surface area (Å²) in [5.41, 5.74) is 1.01. The van der Waals surface area contributed by atoms with E-state index in [1.165, 1.54) is 24.1 Å². The second kappa shape index (κ2) is 11.4. The molecule has 3 aromatic rings. The standard InChI is InChI=1S/C29H27Cl2NO6/c1-16(2)15-38-21-11-7-19(8-12-21)32-25(17-5-9-20(36-3)10-6-17)24(27(34)29(32)35)26(33)22-13-18(30)14-23(31)28(22)37-4/h5-14,16,25,33H,15H2,1-4H3/b26-24+. The Morgan fingerprint density at radius 3 is 2.16 bits per heavy atom. The van der Waals surface area contributed by atoms with Crippen LogP contribution in [0.25, 0.3) is 5.76 Å². The van der Waals surface area contributed by atoms with Gasteiger partial charge >= 0.3 is 0 Å². The smallest absolute Gasteiger partial charge is 0.300 e. The van der Waals surface area contributed by atoms with Crippen molar-refractivity contribution >= 4 is 46.3 Å². The van der Waals surface area contributed by atoms with Gasteiger partial charge in [-0.1, -0.05) is 49.2 Å². The maximum Gasteiger partial charge on any atom is 0.300 e. The molecule has 4 rings (SSSR count). The van der Waals surface area contributed by atoms with E-state index < -0.39 is 23.5 Å². The van der Waals surface area contributed by atoms with Crippen molar-refractivity contribution in [1.82, 2.24) is 0 Å². The van der Waals surface area contributed by atoms with Crippen LogP contribution < -0.4 is 19.1 Å². The van der Waals surface area contributed by atoms with Crippen molar-refractivity contribution in [2.24, 2.45) is 5.92 Å². The van der Waals surface area contributed by atoms with Gasteiger partial charge in [0.25, 0.3) is 11.7 Å². The van der Waals surface area contributed by atoms with Crippen LogP contribution in [0.5, 0.6) is 17.2 Å². The number of methoxy groups -OCH3 is 2. The molecule has 0 aromatic heterocycles. The first-order valence-corrected chi connectivity index (χ1v) is 12.6. The van der Waals surface area contributed by atoms with Crippen molar-refractivity contribution in [3.05, 3.63) is 87.4 Å². The summed E-state index contributed by atoms with van der Waals surface area (Å²) in [6.07, 6.45) is 0. The molecule has 1 heterocycles. The van der Waals surface area contributed by atoms with Gasteiger partial charge in [-0.25, -0.2) is 0 Å². The minimum absolute atomic E-state index is 0.0962. The Morgan fingerprint density at radius 1 is 0.947 bits per heavy atom. The molecule has 3 aromatic carbocycles. The third kappa shape index (κ3) is 5.30. The molecule has 1 fully saturated rings. The summed E-state index contributed by atoms with van der Waals surface area (Å²) in [6, 6.07) is 15.7. The second-order valence-corrected chi connectivity index (χ2v) is 9.95. The Kier molecular flexibility index (Phi) is 8.19. The average molecular weight is 556 g/mol. The van der Waals surface area contributed by atoms with E-state index >= 15 is 0 Å². The van der Waals surface area contributed by atoms with Crippen molar-refractivity contribution < 1.29 is 28.9 Å². The normalized spacial score (nSPS) is 16.7. The van der Waals surface area contributed by atoms with E-state index in [4.69, 9.17) is 37.4 Å². The number of ether oxygens (including phenoxy) is 3. The SMILES string of the molecule is COc1ccc(C2/C(=C(\O)c3cc(Cl)cc(Cl)c3OC)C(=O)C(=O)N2c2ccc(OCC(C)C)cc2)cc1. The molecule has 0 radical (unpaired) electrons. The predicted octanol–water partition coefficient (Wildman–Crippen LogP) is 6.67. The summed E-state index contributed by atoms with van der Waals surface area (Å²) in [6.45, 7) is 4.63. The number of anilines is 1. The van der Waals surface area contributed by atoms with Gasteiger partial charge in [0.05, 0.1) is 43.0 Å². The Labute approximate surface area is 231 Å². The molecule has 7 nitrogen and oxygen atoms in total. The lowest BCUT2D eigenvalue weighted by Gasteiger charge is -2.26. The zero-order valence-electron chi connectivity index (χ0n) is 21.3.